The molecule has 0 aliphatic carbocycles. The zero-order valence-corrected chi connectivity index (χ0v) is 16.7. The SMILES string of the molecule is CCNC(=NCC(C)(O)c1ccccc1)NCCCc1c[nH]c2ccccc12. The van der Waals surface area contributed by atoms with Gasteiger partial charge in [0, 0.05) is 30.2 Å². The van der Waals surface area contributed by atoms with Crippen LogP contribution in [0.4, 0.5) is 0 Å². The molecule has 28 heavy (non-hydrogen) atoms. The number of aliphatic imine (C=N–C) groups is 1. The average molecular weight is 379 g/mol. The Kier molecular flexibility index (Phi) is 6.71. The van der Waals surface area contributed by atoms with Gasteiger partial charge in [0.25, 0.3) is 0 Å². The zero-order chi connectivity index (χ0) is 19.8. The van der Waals surface area contributed by atoms with E-state index in [1.165, 1.54) is 16.5 Å². The molecule has 1 atom stereocenters. The Bertz CT molecular complexity index is 899. The van der Waals surface area contributed by atoms with Gasteiger partial charge >= 0.3 is 0 Å². The summed E-state index contributed by atoms with van der Waals surface area (Å²) in [6.07, 6.45) is 4.10. The van der Waals surface area contributed by atoms with E-state index in [9.17, 15) is 5.11 Å². The first-order valence-electron chi connectivity index (χ1n) is 9.95. The fourth-order valence-corrected chi connectivity index (χ4v) is 3.29. The topological polar surface area (TPSA) is 72.4 Å². The normalized spacial score (nSPS) is 14.0. The number of fused-ring (bicyclic) bond motifs is 1. The second-order valence-corrected chi connectivity index (χ2v) is 7.22. The number of para-hydroxylation sites is 1. The first-order valence-corrected chi connectivity index (χ1v) is 9.95. The predicted octanol–water partition coefficient (Wildman–Crippen LogP) is 3.56. The number of aliphatic hydroxyl groups is 1. The summed E-state index contributed by atoms with van der Waals surface area (Å²) in [5, 5.41) is 18.7. The van der Waals surface area contributed by atoms with Crippen LogP contribution in [0, 0.1) is 0 Å². The third kappa shape index (κ3) is 5.14. The molecule has 0 radical (unpaired) electrons. The maximum atomic E-state index is 10.7. The van der Waals surface area contributed by atoms with Gasteiger partial charge in [0.1, 0.15) is 5.60 Å². The van der Waals surface area contributed by atoms with E-state index in [0.29, 0.717) is 6.54 Å². The molecule has 1 heterocycles. The molecule has 4 N–H and O–H groups in total. The van der Waals surface area contributed by atoms with Gasteiger partial charge in [-0.3, -0.25) is 0 Å². The number of aryl methyl sites for hydroxylation is 1. The fourth-order valence-electron chi connectivity index (χ4n) is 3.29. The first kappa shape index (κ1) is 20.0. The Morgan fingerprint density at radius 2 is 1.82 bits per heavy atom. The van der Waals surface area contributed by atoms with Gasteiger partial charge in [-0.2, -0.15) is 0 Å². The lowest BCUT2D eigenvalue weighted by Crippen LogP contribution is -2.39. The molecule has 0 bridgehead atoms. The van der Waals surface area contributed by atoms with Gasteiger partial charge in [0.15, 0.2) is 5.96 Å². The number of aromatic amines is 1. The van der Waals surface area contributed by atoms with Crippen molar-refractivity contribution in [3.05, 3.63) is 71.9 Å². The molecule has 1 unspecified atom stereocenters. The summed E-state index contributed by atoms with van der Waals surface area (Å²) in [5.74, 6) is 0.734. The molecule has 2 aromatic carbocycles. The Labute approximate surface area is 166 Å². The van der Waals surface area contributed by atoms with Crippen LogP contribution >= 0.6 is 0 Å². The molecule has 3 rings (SSSR count). The summed E-state index contributed by atoms with van der Waals surface area (Å²) in [5.41, 5.74) is 2.40. The molecule has 0 aliphatic heterocycles. The second kappa shape index (κ2) is 9.42. The molecule has 0 aliphatic rings. The summed E-state index contributed by atoms with van der Waals surface area (Å²) < 4.78 is 0. The summed E-state index contributed by atoms with van der Waals surface area (Å²) in [4.78, 5) is 7.91. The van der Waals surface area contributed by atoms with Gasteiger partial charge in [-0.25, -0.2) is 4.99 Å². The third-order valence-corrected chi connectivity index (χ3v) is 4.88. The minimum Gasteiger partial charge on any atom is -0.384 e. The Hall–Kier alpha value is -2.79. The maximum Gasteiger partial charge on any atom is 0.191 e. The quantitative estimate of drug-likeness (QED) is 0.275. The molecular weight excluding hydrogens is 348 g/mol. The summed E-state index contributed by atoms with van der Waals surface area (Å²) >= 11 is 0. The van der Waals surface area contributed by atoms with Crippen LogP contribution in [-0.2, 0) is 12.0 Å². The summed E-state index contributed by atoms with van der Waals surface area (Å²) in [7, 11) is 0. The highest BCUT2D eigenvalue weighted by atomic mass is 16.3. The van der Waals surface area contributed by atoms with Gasteiger partial charge < -0.3 is 20.7 Å². The Morgan fingerprint density at radius 3 is 2.61 bits per heavy atom. The largest absolute Gasteiger partial charge is 0.384 e. The lowest BCUT2D eigenvalue weighted by Gasteiger charge is -2.22. The molecule has 1 aromatic heterocycles. The molecule has 5 nitrogen and oxygen atoms in total. The Balaban J connectivity index is 1.53. The summed E-state index contributed by atoms with van der Waals surface area (Å²) in [6, 6.07) is 18.1. The third-order valence-electron chi connectivity index (χ3n) is 4.88. The van der Waals surface area contributed by atoms with Crippen molar-refractivity contribution in [2.45, 2.75) is 32.3 Å². The van der Waals surface area contributed by atoms with Crippen LogP contribution in [0.5, 0.6) is 0 Å². The number of H-pyrrole nitrogens is 1. The smallest absolute Gasteiger partial charge is 0.191 e. The lowest BCUT2D eigenvalue weighted by atomic mass is 9.96. The van der Waals surface area contributed by atoms with Crippen LogP contribution in [-0.4, -0.2) is 35.7 Å². The number of hydrogen-bond acceptors (Lipinski definition) is 2. The van der Waals surface area contributed by atoms with Crippen LogP contribution in [0.25, 0.3) is 10.9 Å². The number of guanidine groups is 1. The predicted molar refractivity (Wildman–Crippen MR) is 117 cm³/mol. The van der Waals surface area contributed by atoms with E-state index >= 15 is 0 Å². The van der Waals surface area contributed by atoms with Crippen molar-refractivity contribution >= 4 is 16.9 Å². The molecular formula is C23H30N4O. The maximum absolute atomic E-state index is 10.7. The van der Waals surface area contributed by atoms with E-state index in [2.05, 4.69) is 45.0 Å². The van der Waals surface area contributed by atoms with Gasteiger partial charge in [-0.15, -0.1) is 0 Å². The van der Waals surface area contributed by atoms with Crippen molar-refractivity contribution < 1.29 is 5.11 Å². The average Bonchev–Trinajstić information content (AvgIpc) is 3.13. The van der Waals surface area contributed by atoms with Crippen LogP contribution in [0.1, 0.15) is 31.4 Å². The van der Waals surface area contributed by atoms with Crippen LogP contribution in [0.3, 0.4) is 0 Å². The van der Waals surface area contributed by atoms with Gasteiger partial charge in [0.2, 0.25) is 0 Å². The Morgan fingerprint density at radius 1 is 1.07 bits per heavy atom. The lowest BCUT2D eigenvalue weighted by molar-refractivity contribution is 0.0672. The molecule has 148 valence electrons. The first-order chi connectivity index (χ1) is 13.6. The van der Waals surface area contributed by atoms with Crippen molar-refractivity contribution in [2.24, 2.45) is 4.99 Å². The van der Waals surface area contributed by atoms with E-state index in [-0.39, 0.29) is 0 Å². The number of aromatic nitrogens is 1. The van der Waals surface area contributed by atoms with Crippen molar-refractivity contribution in [2.75, 3.05) is 19.6 Å². The van der Waals surface area contributed by atoms with Crippen molar-refractivity contribution in [3.63, 3.8) is 0 Å². The minimum atomic E-state index is -0.992. The highest BCUT2D eigenvalue weighted by molar-refractivity contribution is 5.83. The monoisotopic (exact) mass is 378 g/mol. The van der Waals surface area contributed by atoms with Crippen molar-refractivity contribution in [3.8, 4) is 0 Å². The highest BCUT2D eigenvalue weighted by Gasteiger charge is 2.22. The van der Waals surface area contributed by atoms with Crippen molar-refractivity contribution in [1.82, 2.24) is 15.6 Å². The highest BCUT2D eigenvalue weighted by Crippen LogP contribution is 2.20. The van der Waals surface area contributed by atoms with E-state index in [0.717, 1.165) is 37.5 Å². The standard InChI is InChI=1S/C23H30N4O/c1-3-24-22(27-17-23(2,28)19-11-5-4-6-12-19)25-15-9-10-18-16-26-21-14-8-7-13-20(18)21/h4-8,11-14,16,26,28H,3,9-10,15,17H2,1-2H3,(H2,24,25,27). The van der Waals surface area contributed by atoms with Gasteiger partial charge in [-0.05, 0) is 43.9 Å². The molecule has 5 heteroatoms. The van der Waals surface area contributed by atoms with E-state index in [1.54, 1.807) is 6.92 Å². The molecule has 3 aromatic rings. The van der Waals surface area contributed by atoms with E-state index < -0.39 is 5.60 Å². The molecule has 0 saturated carbocycles. The molecule has 0 saturated heterocycles. The number of nitrogens with one attached hydrogen (secondary N) is 3. The van der Waals surface area contributed by atoms with Crippen LogP contribution in [0.15, 0.2) is 65.8 Å². The van der Waals surface area contributed by atoms with Gasteiger partial charge in [-0.1, -0.05) is 48.5 Å². The number of benzene rings is 2. The van der Waals surface area contributed by atoms with Crippen LogP contribution < -0.4 is 10.6 Å². The number of hydrogen-bond donors (Lipinski definition) is 4. The zero-order valence-electron chi connectivity index (χ0n) is 16.7. The molecule has 0 spiro atoms. The number of nitrogens with zero attached hydrogens (tertiary/aromatic N) is 1. The van der Waals surface area contributed by atoms with E-state index in [1.807, 2.05) is 43.3 Å². The molecule has 0 fully saturated rings. The van der Waals surface area contributed by atoms with Gasteiger partial charge in [0.05, 0.1) is 6.54 Å². The summed E-state index contributed by atoms with van der Waals surface area (Å²) in [6.45, 7) is 5.74. The molecule has 0 amide bonds. The fraction of sp³-hybridized carbons (Fsp3) is 0.348. The van der Waals surface area contributed by atoms with E-state index in [4.69, 9.17) is 0 Å². The minimum absolute atomic E-state index is 0.300. The second-order valence-electron chi connectivity index (χ2n) is 7.22. The van der Waals surface area contributed by atoms with Crippen LogP contribution in [0.2, 0.25) is 0 Å². The number of rotatable bonds is 8. The van der Waals surface area contributed by atoms with Crippen molar-refractivity contribution in [1.29, 1.82) is 0 Å².